The second-order valence-electron chi connectivity index (χ2n) is 8.91. The number of ketones is 1. The lowest BCUT2D eigenvalue weighted by molar-refractivity contribution is -0.133. The van der Waals surface area contributed by atoms with Gasteiger partial charge in [-0.2, -0.15) is 0 Å². The molecule has 0 spiro atoms. The van der Waals surface area contributed by atoms with E-state index in [0.717, 1.165) is 22.4 Å². The Balaban J connectivity index is 1.50. The van der Waals surface area contributed by atoms with Crippen LogP contribution in [0.4, 0.5) is 0 Å². The molecule has 34 heavy (non-hydrogen) atoms. The highest BCUT2D eigenvalue weighted by atomic mass is 16.4. The molecule has 1 aliphatic carbocycles. The first kappa shape index (κ1) is 21.7. The molecule has 3 N–H and O–H groups in total. The highest BCUT2D eigenvalue weighted by Crippen LogP contribution is 2.46. The van der Waals surface area contributed by atoms with Gasteiger partial charge in [0.25, 0.3) is 0 Å². The maximum atomic E-state index is 13.5. The number of carboxylic acids is 1. The zero-order valence-corrected chi connectivity index (χ0v) is 18.8. The molecule has 1 heterocycles. The Labute approximate surface area is 198 Å². The molecule has 0 aromatic heterocycles. The minimum atomic E-state index is -1.07. The molecule has 2 unspecified atom stereocenters. The number of dihydropyridines is 1. The molecule has 0 saturated carbocycles. The van der Waals surface area contributed by atoms with E-state index in [2.05, 4.69) is 41.7 Å². The molecule has 1 aliphatic heterocycles. The molecular weight excluding hydrogens is 426 g/mol. The van der Waals surface area contributed by atoms with E-state index in [0.29, 0.717) is 29.7 Å². The standard InChI is InChI=1S/C29H25NO4/c1-17-26(29(33)34)27(21-8-5-9-23(31)14-21)28-24(30-17)15-22(16-25(28)32)20-12-10-19(11-13-20)18-6-3-2-4-7-18/h2-14,22,27,30-31H,15-16H2,1H3,(H,33,34). The number of benzene rings is 3. The SMILES string of the molecule is CC1=C(C(=O)O)C(c2cccc(O)c2)C2=C(CC(c3ccc(-c4ccccc4)cc3)CC2=O)N1. The average molecular weight is 452 g/mol. The van der Waals surface area contributed by atoms with Gasteiger partial charge in [0.15, 0.2) is 5.78 Å². The van der Waals surface area contributed by atoms with Gasteiger partial charge in [0.05, 0.1) is 5.57 Å². The van der Waals surface area contributed by atoms with Crippen molar-refractivity contribution in [3.63, 3.8) is 0 Å². The molecule has 0 bridgehead atoms. The van der Waals surface area contributed by atoms with Crippen LogP contribution in [0.25, 0.3) is 11.1 Å². The predicted molar refractivity (Wildman–Crippen MR) is 130 cm³/mol. The van der Waals surface area contributed by atoms with Crippen molar-refractivity contribution in [3.05, 3.63) is 113 Å². The van der Waals surface area contributed by atoms with Crippen LogP contribution in [0, 0.1) is 0 Å². The van der Waals surface area contributed by atoms with E-state index in [-0.39, 0.29) is 23.0 Å². The quantitative estimate of drug-likeness (QED) is 0.487. The fraction of sp³-hybridized carbons (Fsp3) is 0.172. The summed E-state index contributed by atoms with van der Waals surface area (Å²) in [5.74, 6) is -1.80. The van der Waals surface area contributed by atoms with E-state index in [1.807, 2.05) is 18.2 Å². The van der Waals surface area contributed by atoms with Crippen LogP contribution in [0.5, 0.6) is 5.75 Å². The monoisotopic (exact) mass is 451 g/mol. The molecular formula is C29H25NO4. The first-order valence-corrected chi connectivity index (χ1v) is 11.3. The number of phenolic OH excluding ortho intramolecular Hbond substituents is 1. The van der Waals surface area contributed by atoms with Crippen LogP contribution in [0.2, 0.25) is 0 Å². The Morgan fingerprint density at radius 2 is 1.59 bits per heavy atom. The molecule has 0 fully saturated rings. The van der Waals surface area contributed by atoms with Gasteiger partial charge >= 0.3 is 5.97 Å². The molecule has 2 atom stereocenters. The van der Waals surface area contributed by atoms with Gasteiger partial charge in [0, 0.05) is 29.3 Å². The molecule has 3 aromatic rings. The summed E-state index contributed by atoms with van der Waals surface area (Å²) in [7, 11) is 0. The zero-order chi connectivity index (χ0) is 23.8. The van der Waals surface area contributed by atoms with Crippen LogP contribution in [0.1, 0.15) is 42.7 Å². The van der Waals surface area contributed by atoms with Crippen molar-refractivity contribution in [1.82, 2.24) is 5.32 Å². The van der Waals surface area contributed by atoms with Crippen LogP contribution in [-0.2, 0) is 9.59 Å². The number of aliphatic carboxylic acids is 1. The third kappa shape index (κ3) is 3.90. The lowest BCUT2D eigenvalue weighted by Crippen LogP contribution is -2.35. The number of hydrogen-bond acceptors (Lipinski definition) is 4. The van der Waals surface area contributed by atoms with Gasteiger partial charge in [0.2, 0.25) is 0 Å². The minimum Gasteiger partial charge on any atom is -0.508 e. The summed E-state index contributed by atoms with van der Waals surface area (Å²) >= 11 is 0. The van der Waals surface area contributed by atoms with Crippen molar-refractivity contribution in [1.29, 1.82) is 0 Å². The molecule has 5 heteroatoms. The van der Waals surface area contributed by atoms with Gasteiger partial charge in [-0.1, -0.05) is 66.7 Å². The third-order valence-electron chi connectivity index (χ3n) is 6.75. The van der Waals surface area contributed by atoms with Crippen molar-refractivity contribution in [2.24, 2.45) is 0 Å². The molecule has 5 rings (SSSR count). The molecule has 0 saturated heterocycles. The first-order valence-electron chi connectivity index (χ1n) is 11.3. The van der Waals surface area contributed by atoms with E-state index >= 15 is 0 Å². The van der Waals surface area contributed by atoms with Gasteiger partial charge in [-0.05, 0) is 53.6 Å². The van der Waals surface area contributed by atoms with E-state index in [9.17, 15) is 19.8 Å². The summed E-state index contributed by atoms with van der Waals surface area (Å²) < 4.78 is 0. The maximum absolute atomic E-state index is 13.5. The normalized spacial score (nSPS) is 20.1. The number of aromatic hydroxyl groups is 1. The number of allylic oxidation sites excluding steroid dienone is 3. The number of carbonyl (C=O) groups excluding carboxylic acids is 1. The third-order valence-corrected chi connectivity index (χ3v) is 6.75. The number of hydrogen-bond donors (Lipinski definition) is 3. The smallest absolute Gasteiger partial charge is 0.334 e. The van der Waals surface area contributed by atoms with Gasteiger partial charge in [-0.3, -0.25) is 4.79 Å². The summed E-state index contributed by atoms with van der Waals surface area (Å²) in [5, 5.41) is 23.2. The Kier molecular flexibility index (Phi) is 5.54. The Bertz CT molecular complexity index is 1340. The Morgan fingerprint density at radius 3 is 2.26 bits per heavy atom. The van der Waals surface area contributed by atoms with Crippen LogP contribution < -0.4 is 5.32 Å². The second-order valence-corrected chi connectivity index (χ2v) is 8.91. The predicted octanol–water partition coefficient (Wildman–Crippen LogP) is 5.51. The molecule has 3 aromatic carbocycles. The molecule has 0 radical (unpaired) electrons. The summed E-state index contributed by atoms with van der Waals surface area (Å²) in [5.41, 5.74) is 5.87. The molecule has 2 aliphatic rings. The number of rotatable bonds is 4. The minimum absolute atomic E-state index is 0.00702. The largest absolute Gasteiger partial charge is 0.508 e. The topological polar surface area (TPSA) is 86.6 Å². The van der Waals surface area contributed by atoms with Gasteiger partial charge in [-0.15, -0.1) is 0 Å². The highest BCUT2D eigenvalue weighted by Gasteiger charge is 2.41. The van der Waals surface area contributed by atoms with Crippen LogP contribution in [0.3, 0.4) is 0 Å². The van der Waals surface area contributed by atoms with Gasteiger partial charge < -0.3 is 15.5 Å². The van der Waals surface area contributed by atoms with Crippen molar-refractivity contribution in [2.45, 2.75) is 31.6 Å². The number of Topliss-reactive ketones (excluding diaryl/α,β-unsaturated/α-hetero) is 1. The van der Waals surface area contributed by atoms with Crippen LogP contribution >= 0.6 is 0 Å². The molecule has 170 valence electrons. The van der Waals surface area contributed by atoms with Crippen molar-refractivity contribution in [3.8, 4) is 16.9 Å². The Morgan fingerprint density at radius 1 is 0.882 bits per heavy atom. The second kappa shape index (κ2) is 8.67. The van der Waals surface area contributed by atoms with Crippen LogP contribution in [-0.4, -0.2) is 22.0 Å². The van der Waals surface area contributed by atoms with E-state index < -0.39 is 11.9 Å². The highest BCUT2D eigenvalue weighted by molar-refractivity contribution is 6.04. The van der Waals surface area contributed by atoms with E-state index in [1.54, 1.807) is 25.1 Å². The first-order chi connectivity index (χ1) is 16.4. The van der Waals surface area contributed by atoms with Gasteiger partial charge in [-0.25, -0.2) is 4.79 Å². The number of carboxylic acid groups (broad SMARTS) is 1. The zero-order valence-electron chi connectivity index (χ0n) is 18.8. The fourth-order valence-corrected chi connectivity index (χ4v) is 5.17. The lowest BCUT2D eigenvalue weighted by atomic mass is 9.71. The Hall–Kier alpha value is -4.12. The van der Waals surface area contributed by atoms with Crippen molar-refractivity contribution >= 4 is 11.8 Å². The maximum Gasteiger partial charge on any atom is 0.334 e. The van der Waals surface area contributed by atoms with Crippen molar-refractivity contribution < 1.29 is 19.8 Å². The van der Waals surface area contributed by atoms with Gasteiger partial charge in [0.1, 0.15) is 5.75 Å². The lowest BCUT2D eigenvalue weighted by Gasteiger charge is -2.36. The van der Waals surface area contributed by atoms with E-state index in [1.165, 1.54) is 6.07 Å². The summed E-state index contributed by atoms with van der Waals surface area (Å²) in [6.45, 7) is 1.73. The summed E-state index contributed by atoms with van der Waals surface area (Å²) in [4.78, 5) is 25.6. The van der Waals surface area contributed by atoms with Crippen LogP contribution in [0.15, 0.2) is 101 Å². The molecule has 0 amide bonds. The fourth-order valence-electron chi connectivity index (χ4n) is 5.17. The summed E-state index contributed by atoms with van der Waals surface area (Å²) in [6, 6.07) is 25.0. The number of phenols is 1. The van der Waals surface area contributed by atoms with Crippen molar-refractivity contribution in [2.75, 3.05) is 0 Å². The number of nitrogens with one attached hydrogen (secondary N) is 1. The average Bonchev–Trinajstić information content (AvgIpc) is 2.83. The number of carbonyl (C=O) groups is 2. The molecule has 5 nitrogen and oxygen atoms in total. The summed E-state index contributed by atoms with van der Waals surface area (Å²) in [6.07, 6.45) is 0.928. The van der Waals surface area contributed by atoms with E-state index in [4.69, 9.17) is 0 Å².